The van der Waals surface area contributed by atoms with E-state index in [-0.39, 0.29) is 5.54 Å². The predicted octanol–water partition coefficient (Wildman–Crippen LogP) is 4.33. The highest BCUT2D eigenvalue weighted by atomic mass is 35.5. The van der Waals surface area contributed by atoms with Crippen LogP contribution in [0.5, 0.6) is 0 Å². The summed E-state index contributed by atoms with van der Waals surface area (Å²) >= 11 is 5.89. The first-order valence-electron chi connectivity index (χ1n) is 7.55. The summed E-state index contributed by atoms with van der Waals surface area (Å²) in [5.74, 6) is 0. The van der Waals surface area contributed by atoms with Gasteiger partial charge in [-0.2, -0.15) is 0 Å². The Labute approximate surface area is 129 Å². The standard InChI is InChI=1S/C17H29ClN2/c1-17(2,3)19-12-6-5-7-13-20(4)14-15-8-10-16(18)11-9-15/h8-11,19H,5-7,12-14H2,1-4H3. The van der Waals surface area contributed by atoms with E-state index in [1.165, 1.54) is 24.8 Å². The summed E-state index contributed by atoms with van der Waals surface area (Å²) < 4.78 is 0. The molecular weight excluding hydrogens is 268 g/mol. The molecule has 20 heavy (non-hydrogen) atoms. The summed E-state index contributed by atoms with van der Waals surface area (Å²) in [6.45, 7) is 9.91. The highest BCUT2D eigenvalue weighted by Gasteiger charge is 2.07. The summed E-state index contributed by atoms with van der Waals surface area (Å²) in [6, 6.07) is 8.13. The lowest BCUT2D eigenvalue weighted by atomic mass is 10.1. The topological polar surface area (TPSA) is 15.3 Å². The van der Waals surface area contributed by atoms with Crippen LogP contribution < -0.4 is 5.32 Å². The zero-order valence-electron chi connectivity index (χ0n) is 13.4. The number of unbranched alkanes of at least 4 members (excludes halogenated alkanes) is 2. The van der Waals surface area contributed by atoms with Gasteiger partial charge in [-0.15, -0.1) is 0 Å². The van der Waals surface area contributed by atoms with Crippen LogP contribution in [0.1, 0.15) is 45.6 Å². The molecule has 0 aliphatic carbocycles. The van der Waals surface area contributed by atoms with Gasteiger partial charge in [-0.05, 0) is 71.4 Å². The lowest BCUT2D eigenvalue weighted by Crippen LogP contribution is -2.36. The molecule has 0 amide bonds. The van der Waals surface area contributed by atoms with Crippen LogP contribution in [0.4, 0.5) is 0 Å². The zero-order chi connectivity index (χ0) is 15.0. The normalized spacial score (nSPS) is 12.1. The summed E-state index contributed by atoms with van der Waals surface area (Å²) in [6.07, 6.45) is 3.80. The van der Waals surface area contributed by atoms with Crippen molar-refractivity contribution < 1.29 is 0 Å². The number of benzene rings is 1. The second-order valence-electron chi connectivity index (χ2n) is 6.60. The van der Waals surface area contributed by atoms with E-state index in [1.807, 2.05) is 12.1 Å². The molecule has 0 aromatic heterocycles. The Kier molecular flexibility index (Phi) is 7.57. The summed E-state index contributed by atoms with van der Waals surface area (Å²) in [4.78, 5) is 2.38. The smallest absolute Gasteiger partial charge is 0.0406 e. The van der Waals surface area contributed by atoms with Gasteiger partial charge in [-0.3, -0.25) is 0 Å². The van der Waals surface area contributed by atoms with Gasteiger partial charge in [0.15, 0.2) is 0 Å². The molecule has 1 aromatic rings. The number of rotatable bonds is 8. The molecule has 2 nitrogen and oxygen atoms in total. The van der Waals surface area contributed by atoms with Crippen molar-refractivity contribution in [2.24, 2.45) is 0 Å². The van der Waals surface area contributed by atoms with Crippen LogP contribution in [-0.2, 0) is 6.54 Å². The number of halogens is 1. The Hall–Kier alpha value is -0.570. The average Bonchev–Trinajstić information content (AvgIpc) is 2.35. The lowest BCUT2D eigenvalue weighted by Gasteiger charge is -2.20. The molecule has 0 saturated heterocycles. The lowest BCUT2D eigenvalue weighted by molar-refractivity contribution is 0.315. The number of nitrogens with zero attached hydrogens (tertiary/aromatic N) is 1. The molecule has 0 radical (unpaired) electrons. The molecule has 0 heterocycles. The van der Waals surface area contributed by atoms with Crippen molar-refractivity contribution in [3.63, 3.8) is 0 Å². The molecule has 0 saturated carbocycles. The van der Waals surface area contributed by atoms with Crippen LogP contribution >= 0.6 is 11.6 Å². The Balaban J connectivity index is 2.08. The maximum absolute atomic E-state index is 5.89. The third-order valence-corrected chi connectivity index (χ3v) is 3.49. The number of hydrogen-bond acceptors (Lipinski definition) is 2. The maximum Gasteiger partial charge on any atom is 0.0406 e. The van der Waals surface area contributed by atoms with E-state index in [0.29, 0.717) is 0 Å². The largest absolute Gasteiger partial charge is 0.312 e. The van der Waals surface area contributed by atoms with Crippen molar-refractivity contribution >= 4 is 11.6 Å². The molecule has 114 valence electrons. The van der Waals surface area contributed by atoms with E-state index in [2.05, 4.69) is 50.2 Å². The maximum atomic E-state index is 5.89. The molecular formula is C17H29ClN2. The zero-order valence-corrected chi connectivity index (χ0v) is 14.1. The molecule has 0 unspecified atom stereocenters. The second kappa shape index (κ2) is 8.66. The first kappa shape index (κ1) is 17.5. The first-order chi connectivity index (χ1) is 9.37. The molecule has 0 bridgehead atoms. The summed E-state index contributed by atoms with van der Waals surface area (Å²) in [5.41, 5.74) is 1.57. The van der Waals surface area contributed by atoms with Crippen molar-refractivity contribution in [3.05, 3.63) is 34.9 Å². The van der Waals surface area contributed by atoms with Gasteiger partial charge < -0.3 is 10.2 Å². The van der Waals surface area contributed by atoms with Crippen molar-refractivity contribution in [2.75, 3.05) is 20.1 Å². The first-order valence-corrected chi connectivity index (χ1v) is 7.93. The molecule has 0 fully saturated rings. The van der Waals surface area contributed by atoms with Gasteiger partial charge in [-0.1, -0.05) is 30.2 Å². The van der Waals surface area contributed by atoms with Crippen LogP contribution in [0.15, 0.2) is 24.3 Å². The Morgan fingerprint density at radius 2 is 1.70 bits per heavy atom. The van der Waals surface area contributed by atoms with Crippen LogP contribution in [0.3, 0.4) is 0 Å². The Morgan fingerprint density at radius 1 is 1.05 bits per heavy atom. The quantitative estimate of drug-likeness (QED) is 0.718. The van der Waals surface area contributed by atoms with Crippen LogP contribution in [0, 0.1) is 0 Å². The van der Waals surface area contributed by atoms with Gasteiger partial charge in [0.25, 0.3) is 0 Å². The van der Waals surface area contributed by atoms with E-state index < -0.39 is 0 Å². The molecule has 1 N–H and O–H groups in total. The summed E-state index contributed by atoms with van der Waals surface area (Å²) in [5, 5.41) is 4.34. The van der Waals surface area contributed by atoms with Gasteiger partial charge in [0.05, 0.1) is 0 Å². The second-order valence-corrected chi connectivity index (χ2v) is 7.04. The van der Waals surface area contributed by atoms with Gasteiger partial charge in [-0.25, -0.2) is 0 Å². The SMILES string of the molecule is CN(CCCCCNC(C)(C)C)Cc1ccc(Cl)cc1. The van der Waals surface area contributed by atoms with E-state index in [0.717, 1.165) is 24.7 Å². The number of nitrogens with one attached hydrogen (secondary N) is 1. The third-order valence-electron chi connectivity index (χ3n) is 3.24. The fourth-order valence-corrected chi connectivity index (χ4v) is 2.25. The number of hydrogen-bond donors (Lipinski definition) is 1. The van der Waals surface area contributed by atoms with Crippen molar-refractivity contribution in [3.8, 4) is 0 Å². The molecule has 0 atom stereocenters. The minimum Gasteiger partial charge on any atom is -0.312 e. The van der Waals surface area contributed by atoms with Gasteiger partial charge in [0, 0.05) is 17.1 Å². The Morgan fingerprint density at radius 3 is 2.30 bits per heavy atom. The summed E-state index contributed by atoms with van der Waals surface area (Å²) in [7, 11) is 2.18. The molecule has 0 aliphatic heterocycles. The molecule has 1 aromatic carbocycles. The van der Waals surface area contributed by atoms with Gasteiger partial charge in [0.2, 0.25) is 0 Å². The minimum atomic E-state index is 0.241. The fraction of sp³-hybridized carbons (Fsp3) is 0.647. The van der Waals surface area contributed by atoms with Crippen molar-refractivity contribution in [1.29, 1.82) is 0 Å². The monoisotopic (exact) mass is 296 g/mol. The van der Waals surface area contributed by atoms with Crippen LogP contribution in [0.2, 0.25) is 5.02 Å². The van der Waals surface area contributed by atoms with Gasteiger partial charge >= 0.3 is 0 Å². The fourth-order valence-electron chi connectivity index (χ4n) is 2.13. The average molecular weight is 297 g/mol. The molecule has 0 spiro atoms. The van der Waals surface area contributed by atoms with Crippen molar-refractivity contribution in [1.82, 2.24) is 10.2 Å². The predicted molar refractivity (Wildman–Crippen MR) is 89.4 cm³/mol. The molecule has 1 rings (SSSR count). The third kappa shape index (κ3) is 8.57. The molecule has 3 heteroatoms. The van der Waals surface area contributed by atoms with E-state index in [4.69, 9.17) is 11.6 Å². The highest BCUT2D eigenvalue weighted by Crippen LogP contribution is 2.11. The van der Waals surface area contributed by atoms with Crippen LogP contribution in [0.25, 0.3) is 0 Å². The highest BCUT2D eigenvalue weighted by molar-refractivity contribution is 6.30. The van der Waals surface area contributed by atoms with Crippen molar-refractivity contribution in [2.45, 2.75) is 52.1 Å². The minimum absolute atomic E-state index is 0.241. The Bertz CT molecular complexity index is 368. The van der Waals surface area contributed by atoms with E-state index in [1.54, 1.807) is 0 Å². The van der Waals surface area contributed by atoms with E-state index >= 15 is 0 Å². The van der Waals surface area contributed by atoms with Crippen LogP contribution in [-0.4, -0.2) is 30.6 Å². The molecule has 0 aliphatic rings. The van der Waals surface area contributed by atoms with Gasteiger partial charge in [0.1, 0.15) is 0 Å². The van der Waals surface area contributed by atoms with E-state index in [9.17, 15) is 0 Å².